The summed E-state index contributed by atoms with van der Waals surface area (Å²) >= 11 is 0. The van der Waals surface area contributed by atoms with Crippen molar-refractivity contribution in [3.8, 4) is 5.75 Å². The molecule has 9 heteroatoms. The Kier molecular flexibility index (Phi) is 8.62. The molecule has 0 bridgehead atoms. The summed E-state index contributed by atoms with van der Waals surface area (Å²) in [5.74, 6) is 0.436. The van der Waals surface area contributed by atoms with Crippen LogP contribution in [0.25, 0.3) is 10.9 Å². The van der Waals surface area contributed by atoms with Gasteiger partial charge >= 0.3 is 6.61 Å². The highest BCUT2D eigenvalue weighted by molar-refractivity contribution is 14.0. The third-order valence-corrected chi connectivity index (χ3v) is 4.22. The lowest BCUT2D eigenvalue weighted by atomic mass is 10.1. The van der Waals surface area contributed by atoms with Gasteiger partial charge in [-0.1, -0.05) is 12.1 Å². The Morgan fingerprint density at radius 1 is 1.17 bits per heavy atom. The zero-order valence-corrected chi connectivity index (χ0v) is 18.0. The van der Waals surface area contributed by atoms with Crippen molar-refractivity contribution in [1.82, 2.24) is 15.6 Å². The second-order valence-electron chi connectivity index (χ2n) is 6.13. The van der Waals surface area contributed by atoms with Crippen molar-refractivity contribution < 1.29 is 17.9 Å². The highest BCUT2D eigenvalue weighted by atomic mass is 127. The van der Waals surface area contributed by atoms with E-state index in [1.165, 1.54) is 18.2 Å². The fourth-order valence-corrected chi connectivity index (χ4v) is 2.92. The first-order valence-electron chi connectivity index (χ1n) is 8.79. The summed E-state index contributed by atoms with van der Waals surface area (Å²) in [6.45, 7) is -1.82. The maximum atomic E-state index is 13.3. The minimum atomic E-state index is -2.85. The molecule has 0 atom stereocenters. The molecule has 3 N–H and O–H groups in total. The van der Waals surface area contributed by atoms with E-state index >= 15 is 0 Å². The topological polar surface area (TPSA) is 61.4 Å². The number of benzene rings is 2. The van der Waals surface area contributed by atoms with Gasteiger partial charge in [0, 0.05) is 37.2 Å². The van der Waals surface area contributed by atoms with Crippen molar-refractivity contribution in [2.24, 2.45) is 4.99 Å². The lowest BCUT2D eigenvalue weighted by Crippen LogP contribution is -2.37. The number of nitrogens with one attached hydrogen (secondary N) is 3. The van der Waals surface area contributed by atoms with Gasteiger partial charge in [0.2, 0.25) is 0 Å². The van der Waals surface area contributed by atoms with Gasteiger partial charge in [-0.25, -0.2) is 4.39 Å². The minimum Gasteiger partial charge on any atom is -0.435 e. The average Bonchev–Trinajstić information content (AvgIpc) is 3.06. The fraction of sp³-hybridized carbons (Fsp3) is 0.250. The summed E-state index contributed by atoms with van der Waals surface area (Å²) in [6.07, 6.45) is 2.60. The number of halogens is 4. The van der Waals surface area contributed by atoms with E-state index in [9.17, 15) is 13.2 Å². The second kappa shape index (κ2) is 10.9. The fourth-order valence-electron chi connectivity index (χ4n) is 2.92. The molecule has 0 amide bonds. The number of aromatic amines is 1. The molecule has 5 nitrogen and oxygen atoms in total. The molecule has 0 unspecified atom stereocenters. The first-order chi connectivity index (χ1) is 13.5. The van der Waals surface area contributed by atoms with Crippen LogP contribution >= 0.6 is 24.0 Å². The monoisotopic (exact) mass is 518 g/mol. The number of alkyl halides is 2. The molecule has 0 saturated carbocycles. The van der Waals surface area contributed by atoms with E-state index in [-0.39, 0.29) is 35.5 Å². The van der Waals surface area contributed by atoms with Gasteiger partial charge in [-0.15, -0.1) is 24.0 Å². The Balaban J connectivity index is 0.00000300. The van der Waals surface area contributed by atoms with Gasteiger partial charge in [0.15, 0.2) is 5.96 Å². The van der Waals surface area contributed by atoms with Crippen molar-refractivity contribution >= 4 is 40.8 Å². The second-order valence-corrected chi connectivity index (χ2v) is 6.13. The molecule has 2 aromatic carbocycles. The molecule has 0 aliphatic rings. The van der Waals surface area contributed by atoms with Crippen LogP contribution in [-0.4, -0.2) is 31.1 Å². The van der Waals surface area contributed by atoms with Gasteiger partial charge in [0.25, 0.3) is 0 Å². The van der Waals surface area contributed by atoms with E-state index in [1.54, 1.807) is 25.2 Å². The lowest BCUT2D eigenvalue weighted by molar-refractivity contribution is -0.0498. The van der Waals surface area contributed by atoms with E-state index in [0.29, 0.717) is 19.0 Å². The van der Waals surface area contributed by atoms with Gasteiger partial charge in [-0.2, -0.15) is 8.78 Å². The number of hydrogen-bond donors (Lipinski definition) is 3. The van der Waals surface area contributed by atoms with Crippen molar-refractivity contribution in [1.29, 1.82) is 0 Å². The quantitative estimate of drug-likeness (QED) is 0.247. The van der Waals surface area contributed by atoms with Gasteiger partial charge in [-0.05, 0) is 47.9 Å². The SMILES string of the molecule is CN=C(NCCc1c[nH]c2cc(F)ccc12)NCc1cccc(OC(F)F)c1.I. The maximum absolute atomic E-state index is 13.3. The zero-order chi connectivity index (χ0) is 19.9. The largest absolute Gasteiger partial charge is 0.435 e. The van der Waals surface area contributed by atoms with E-state index in [2.05, 4.69) is 25.3 Å². The van der Waals surface area contributed by atoms with Gasteiger partial charge < -0.3 is 20.4 Å². The van der Waals surface area contributed by atoms with Crippen LogP contribution in [0, 0.1) is 5.82 Å². The molecule has 156 valence electrons. The first kappa shape index (κ1) is 22.9. The molecular formula is C20H22F3IN4O. The highest BCUT2D eigenvalue weighted by Crippen LogP contribution is 2.19. The summed E-state index contributed by atoms with van der Waals surface area (Å²) in [5.41, 5.74) is 2.64. The molecule has 29 heavy (non-hydrogen) atoms. The van der Waals surface area contributed by atoms with Crippen LogP contribution in [-0.2, 0) is 13.0 Å². The average molecular weight is 518 g/mol. The van der Waals surface area contributed by atoms with Crippen LogP contribution in [0.2, 0.25) is 0 Å². The number of aliphatic imine (C=N–C) groups is 1. The standard InChI is InChI=1S/C20H21F3N4O.HI/c1-24-20(27-11-13-3-2-4-16(9-13)28-19(22)23)25-8-7-14-12-26-18-10-15(21)5-6-17(14)18;/h2-6,9-10,12,19,26H,7-8,11H2,1H3,(H2,24,25,27);1H. The van der Waals surface area contributed by atoms with Crippen molar-refractivity contribution in [3.63, 3.8) is 0 Å². The maximum Gasteiger partial charge on any atom is 0.387 e. The molecule has 3 rings (SSSR count). The molecule has 3 aromatic rings. The molecule has 0 spiro atoms. The number of nitrogens with zero attached hydrogens (tertiary/aromatic N) is 1. The number of guanidine groups is 1. The Bertz CT molecular complexity index is 962. The van der Waals surface area contributed by atoms with Crippen LogP contribution in [0.4, 0.5) is 13.2 Å². The number of aromatic nitrogens is 1. The zero-order valence-electron chi connectivity index (χ0n) is 15.7. The van der Waals surface area contributed by atoms with Crippen molar-refractivity contribution in [3.05, 3.63) is 65.6 Å². The third kappa shape index (κ3) is 6.55. The Hall–Kier alpha value is -2.43. The summed E-state index contributed by atoms with van der Waals surface area (Å²) in [5, 5.41) is 7.32. The highest BCUT2D eigenvalue weighted by Gasteiger charge is 2.07. The number of H-pyrrole nitrogens is 1. The van der Waals surface area contributed by atoms with Crippen LogP contribution in [0.15, 0.2) is 53.7 Å². The number of fused-ring (bicyclic) bond motifs is 1. The Labute approximate surface area is 183 Å². The summed E-state index contributed by atoms with van der Waals surface area (Å²) in [6, 6.07) is 11.2. The Morgan fingerprint density at radius 2 is 2.00 bits per heavy atom. The molecule has 0 saturated heterocycles. The predicted molar refractivity (Wildman–Crippen MR) is 119 cm³/mol. The summed E-state index contributed by atoms with van der Waals surface area (Å²) in [4.78, 5) is 7.22. The predicted octanol–water partition coefficient (Wildman–Crippen LogP) is 4.43. The van der Waals surface area contributed by atoms with Crippen LogP contribution in [0.3, 0.4) is 0 Å². The van der Waals surface area contributed by atoms with E-state index < -0.39 is 6.61 Å². The van der Waals surface area contributed by atoms with Crippen molar-refractivity contribution in [2.75, 3.05) is 13.6 Å². The van der Waals surface area contributed by atoms with Crippen LogP contribution < -0.4 is 15.4 Å². The summed E-state index contributed by atoms with van der Waals surface area (Å²) < 4.78 is 42.3. The lowest BCUT2D eigenvalue weighted by Gasteiger charge is -2.12. The first-order valence-corrected chi connectivity index (χ1v) is 8.79. The molecular weight excluding hydrogens is 496 g/mol. The molecule has 1 heterocycles. The van der Waals surface area contributed by atoms with E-state index in [0.717, 1.165) is 28.5 Å². The van der Waals surface area contributed by atoms with E-state index in [4.69, 9.17) is 0 Å². The van der Waals surface area contributed by atoms with Gasteiger partial charge in [0.05, 0.1) is 0 Å². The van der Waals surface area contributed by atoms with Crippen LogP contribution in [0.5, 0.6) is 5.75 Å². The minimum absolute atomic E-state index is 0. The molecule has 0 radical (unpaired) electrons. The van der Waals surface area contributed by atoms with Crippen LogP contribution in [0.1, 0.15) is 11.1 Å². The van der Waals surface area contributed by atoms with Crippen molar-refractivity contribution in [2.45, 2.75) is 19.6 Å². The number of hydrogen-bond acceptors (Lipinski definition) is 2. The normalized spacial score (nSPS) is 11.4. The molecule has 0 aliphatic heterocycles. The Morgan fingerprint density at radius 3 is 2.76 bits per heavy atom. The number of ether oxygens (including phenoxy) is 1. The summed E-state index contributed by atoms with van der Waals surface area (Å²) in [7, 11) is 1.65. The molecule has 1 aromatic heterocycles. The van der Waals surface area contributed by atoms with E-state index in [1.807, 2.05) is 12.3 Å². The number of rotatable bonds is 7. The van der Waals surface area contributed by atoms with Gasteiger partial charge in [0.1, 0.15) is 11.6 Å². The van der Waals surface area contributed by atoms with Gasteiger partial charge in [-0.3, -0.25) is 4.99 Å². The molecule has 0 aliphatic carbocycles. The smallest absolute Gasteiger partial charge is 0.387 e. The molecule has 0 fully saturated rings. The third-order valence-electron chi connectivity index (χ3n) is 4.22.